The van der Waals surface area contributed by atoms with Crippen molar-refractivity contribution < 1.29 is 14.7 Å². The van der Waals surface area contributed by atoms with Gasteiger partial charge in [0, 0.05) is 19.6 Å². The van der Waals surface area contributed by atoms with Crippen LogP contribution in [-0.2, 0) is 0 Å². The monoisotopic (exact) mass is 291 g/mol. The molecule has 2 rings (SSSR count). The Bertz CT molecular complexity index is 539. The van der Waals surface area contributed by atoms with Gasteiger partial charge >= 0.3 is 12.0 Å². The van der Waals surface area contributed by atoms with Crippen LogP contribution in [0.15, 0.2) is 18.2 Å². The van der Waals surface area contributed by atoms with E-state index >= 15 is 0 Å². The predicted octanol–water partition coefficient (Wildman–Crippen LogP) is 2.40. The summed E-state index contributed by atoms with van der Waals surface area (Å²) in [5.41, 5.74) is 6.93. The molecule has 3 N–H and O–H groups in total. The first-order valence-electron chi connectivity index (χ1n) is 7.24. The predicted molar refractivity (Wildman–Crippen MR) is 81.7 cm³/mol. The van der Waals surface area contributed by atoms with Crippen LogP contribution in [0.3, 0.4) is 0 Å². The number of anilines is 2. The third-order valence-electron chi connectivity index (χ3n) is 3.74. The van der Waals surface area contributed by atoms with Gasteiger partial charge in [0.05, 0.1) is 16.9 Å². The van der Waals surface area contributed by atoms with E-state index in [1.807, 2.05) is 11.8 Å². The Kier molecular flexibility index (Phi) is 4.67. The van der Waals surface area contributed by atoms with Crippen LogP contribution in [0.4, 0.5) is 16.2 Å². The number of amides is 2. The van der Waals surface area contributed by atoms with Gasteiger partial charge in [0.1, 0.15) is 0 Å². The number of nitrogens with zero attached hydrogens (tertiary/aromatic N) is 2. The maximum Gasteiger partial charge on any atom is 0.335 e. The van der Waals surface area contributed by atoms with Crippen LogP contribution in [0.5, 0.6) is 0 Å². The summed E-state index contributed by atoms with van der Waals surface area (Å²) in [4.78, 5) is 27.0. The molecule has 0 spiro atoms. The standard InChI is InChI=1S/C15H21N3O3/c1-2-18(15(21)17-8-4-3-5-9-17)13-7-6-11(14(19)20)10-12(13)16/h6-7,10H,2-5,8-9,16H2,1H3,(H,19,20). The van der Waals surface area contributed by atoms with Gasteiger partial charge in [-0.1, -0.05) is 0 Å². The number of nitrogen functional groups attached to an aromatic ring is 1. The molecular formula is C15H21N3O3. The Balaban J connectivity index is 2.24. The molecule has 1 fully saturated rings. The zero-order valence-corrected chi connectivity index (χ0v) is 12.2. The summed E-state index contributed by atoms with van der Waals surface area (Å²) in [5, 5.41) is 8.96. The largest absolute Gasteiger partial charge is 0.478 e. The van der Waals surface area contributed by atoms with Gasteiger partial charge in [-0.25, -0.2) is 9.59 Å². The number of carboxylic acids is 1. The average molecular weight is 291 g/mol. The van der Waals surface area contributed by atoms with Crippen LogP contribution >= 0.6 is 0 Å². The van der Waals surface area contributed by atoms with Crippen molar-refractivity contribution in [2.24, 2.45) is 0 Å². The maximum atomic E-state index is 12.6. The molecule has 0 radical (unpaired) electrons. The molecule has 2 amide bonds. The smallest absolute Gasteiger partial charge is 0.335 e. The number of carbonyl (C=O) groups is 2. The van der Waals surface area contributed by atoms with Gasteiger partial charge in [-0.3, -0.25) is 4.90 Å². The van der Waals surface area contributed by atoms with Crippen LogP contribution in [0.2, 0.25) is 0 Å². The van der Waals surface area contributed by atoms with Crippen molar-refractivity contribution in [2.45, 2.75) is 26.2 Å². The highest BCUT2D eigenvalue weighted by Crippen LogP contribution is 2.26. The Hall–Kier alpha value is -2.24. The van der Waals surface area contributed by atoms with E-state index < -0.39 is 5.97 Å². The van der Waals surface area contributed by atoms with Gasteiger partial charge in [-0.05, 0) is 44.4 Å². The van der Waals surface area contributed by atoms with Crippen molar-refractivity contribution in [3.05, 3.63) is 23.8 Å². The first-order valence-corrected chi connectivity index (χ1v) is 7.24. The van der Waals surface area contributed by atoms with E-state index in [1.165, 1.54) is 12.1 Å². The van der Waals surface area contributed by atoms with Crippen molar-refractivity contribution in [2.75, 3.05) is 30.3 Å². The van der Waals surface area contributed by atoms with Crippen LogP contribution in [0.1, 0.15) is 36.5 Å². The first-order chi connectivity index (χ1) is 10.0. The Morgan fingerprint density at radius 2 is 1.95 bits per heavy atom. The fourth-order valence-electron chi connectivity index (χ4n) is 2.60. The number of hydrogen-bond acceptors (Lipinski definition) is 3. The van der Waals surface area contributed by atoms with Crippen molar-refractivity contribution in [1.29, 1.82) is 0 Å². The molecule has 0 atom stereocenters. The van der Waals surface area contributed by atoms with E-state index in [4.69, 9.17) is 10.8 Å². The SMILES string of the molecule is CCN(C(=O)N1CCCCC1)c1ccc(C(=O)O)cc1N. The molecule has 1 saturated heterocycles. The minimum absolute atomic E-state index is 0.0630. The fraction of sp³-hybridized carbons (Fsp3) is 0.467. The summed E-state index contributed by atoms with van der Waals surface area (Å²) in [6.07, 6.45) is 3.21. The number of hydrogen-bond donors (Lipinski definition) is 2. The number of carboxylic acid groups (broad SMARTS) is 1. The van der Waals surface area contributed by atoms with Gasteiger partial charge in [0.15, 0.2) is 0 Å². The molecule has 1 heterocycles. The molecule has 0 unspecified atom stereocenters. The number of piperidine rings is 1. The number of benzene rings is 1. The quantitative estimate of drug-likeness (QED) is 0.837. The van der Waals surface area contributed by atoms with E-state index in [0.717, 1.165) is 32.4 Å². The topological polar surface area (TPSA) is 86.9 Å². The van der Waals surface area contributed by atoms with Crippen LogP contribution in [0, 0.1) is 0 Å². The summed E-state index contributed by atoms with van der Waals surface area (Å²) in [7, 11) is 0. The zero-order chi connectivity index (χ0) is 15.4. The highest BCUT2D eigenvalue weighted by Gasteiger charge is 2.24. The third kappa shape index (κ3) is 3.26. The lowest BCUT2D eigenvalue weighted by atomic mass is 10.1. The summed E-state index contributed by atoms with van der Waals surface area (Å²) < 4.78 is 0. The van der Waals surface area contributed by atoms with Crippen molar-refractivity contribution in [3.63, 3.8) is 0 Å². The molecule has 114 valence electrons. The minimum Gasteiger partial charge on any atom is -0.478 e. The van der Waals surface area contributed by atoms with Crippen LogP contribution in [-0.4, -0.2) is 41.6 Å². The van der Waals surface area contributed by atoms with E-state index in [1.54, 1.807) is 11.0 Å². The zero-order valence-electron chi connectivity index (χ0n) is 12.2. The second-order valence-electron chi connectivity index (χ2n) is 5.15. The molecule has 0 aromatic heterocycles. The van der Waals surface area contributed by atoms with E-state index in [0.29, 0.717) is 17.9 Å². The molecule has 1 aromatic rings. The minimum atomic E-state index is -1.03. The highest BCUT2D eigenvalue weighted by molar-refractivity contribution is 5.97. The fourth-order valence-corrected chi connectivity index (χ4v) is 2.60. The number of aromatic carboxylic acids is 1. The van der Waals surface area contributed by atoms with E-state index in [9.17, 15) is 9.59 Å². The summed E-state index contributed by atoms with van der Waals surface area (Å²) in [6, 6.07) is 4.40. The number of nitrogens with two attached hydrogens (primary N) is 1. The Morgan fingerprint density at radius 1 is 1.29 bits per heavy atom. The molecule has 6 nitrogen and oxygen atoms in total. The average Bonchev–Trinajstić information content (AvgIpc) is 2.50. The van der Waals surface area contributed by atoms with E-state index in [-0.39, 0.29) is 11.6 Å². The van der Waals surface area contributed by atoms with Crippen LogP contribution in [0.25, 0.3) is 0 Å². The molecule has 0 bridgehead atoms. The number of carbonyl (C=O) groups excluding carboxylic acids is 1. The number of likely N-dealkylation sites (tertiary alicyclic amines) is 1. The highest BCUT2D eigenvalue weighted by atomic mass is 16.4. The molecule has 0 saturated carbocycles. The lowest BCUT2D eigenvalue weighted by molar-refractivity contribution is 0.0697. The molecule has 1 aromatic carbocycles. The molecule has 0 aliphatic carbocycles. The third-order valence-corrected chi connectivity index (χ3v) is 3.74. The summed E-state index contributed by atoms with van der Waals surface area (Å²) >= 11 is 0. The Morgan fingerprint density at radius 3 is 2.48 bits per heavy atom. The molecular weight excluding hydrogens is 270 g/mol. The van der Waals surface area contributed by atoms with E-state index in [2.05, 4.69) is 0 Å². The van der Waals surface area contributed by atoms with Gasteiger partial charge in [0.25, 0.3) is 0 Å². The van der Waals surface area contributed by atoms with Gasteiger partial charge in [0.2, 0.25) is 0 Å². The van der Waals surface area contributed by atoms with Gasteiger partial charge in [-0.15, -0.1) is 0 Å². The number of rotatable bonds is 3. The molecule has 1 aliphatic heterocycles. The maximum absolute atomic E-state index is 12.6. The molecule has 21 heavy (non-hydrogen) atoms. The van der Waals surface area contributed by atoms with Crippen molar-refractivity contribution in [3.8, 4) is 0 Å². The second kappa shape index (κ2) is 6.47. The summed E-state index contributed by atoms with van der Waals surface area (Å²) in [5.74, 6) is -1.03. The van der Waals surface area contributed by atoms with Crippen molar-refractivity contribution in [1.82, 2.24) is 4.90 Å². The van der Waals surface area contributed by atoms with Crippen LogP contribution < -0.4 is 10.6 Å². The Labute approximate surface area is 124 Å². The lowest BCUT2D eigenvalue weighted by Crippen LogP contribution is -2.45. The number of urea groups is 1. The lowest BCUT2D eigenvalue weighted by Gasteiger charge is -2.33. The molecule has 1 aliphatic rings. The normalized spacial score (nSPS) is 14.8. The van der Waals surface area contributed by atoms with Gasteiger partial charge < -0.3 is 15.7 Å². The molecule has 6 heteroatoms. The van der Waals surface area contributed by atoms with Gasteiger partial charge in [-0.2, -0.15) is 0 Å². The second-order valence-corrected chi connectivity index (χ2v) is 5.15. The van der Waals surface area contributed by atoms with Crippen molar-refractivity contribution >= 4 is 23.4 Å². The first kappa shape index (κ1) is 15.2. The summed E-state index contributed by atoms with van der Waals surface area (Å²) in [6.45, 7) is 3.91.